The standard InChI is InChI=1S/C25H37N5O6S.HI/c1-13(9-14(2)31)19-20-15(3)22(21(25(35)36)29(20)24(19)34)37-16-10-17(27-11-16)23(33)28-5-7-30(4,8-6-28)12-18(26)32;/h13,15-17,19-20,27H,5-12H2,1-4H3,(H2-,26,32,35,36);1H/t13-,15+,16-,17-,19+,20+;/m0./s1. The number of aliphatic carboxylic acids is 1. The molecule has 0 aromatic carbocycles. The average Bonchev–Trinajstić information content (AvgIpc) is 3.34. The number of likely N-dealkylation sites (N-methyl/N-ethyl adjacent to an activating group) is 1. The molecule has 38 heavy (non-hydrogen) atoms. The fourth-order valence-corrected chi connectivity index (χ4v) is 7.91. The fourth-order valence-electron chi connectivity index (χ4n) is 6.43. The number of hydrogen-bond acceptors (Lipinski definition) is 7. The summed E-state index contributed by atoms with van der Waals surface area (Å²) in [4.78, 5) is 65.2. The number of thioether (sulfide) groups is 1. The number of amides is 3. The lowest BCUT2D eigenvalue weighted by molar-refractivity contribution is -0.905. The molecular weight excluding hydrogens is 625 g/mol. The van der Waals surface area contributed by atoms with Crippen LogP contribution in [0.4, 0.5) is 0 Å². The Morgan fingerprint density at radius 2 is 1.87 bits per heavy atom. The minimum Gasteiger partial charge on any atom is -1.00 e. The summed E-state index contributed by atoms with van der Waals surface area (Å²) in [6.07, 6.45) is 0.866. The Labute approximate surface area is 244 Å². The lowest BCUT2D eigenvalue weighted by atomic mass is 9.73. The Hall–Kier alpha value is -1.71. The lowest BCUT2D eigenvalue weighted by Crippen LogP contribution is -3.00. The fraction of sp³-hybridized carbons (Fsp3) is 0.720. The predicted molar refractivity (Wildman–Crippen MR) is 137 cm³/mol. The van der Waals surface area contributed by atoms with Gasteiger partial charge in [-0.2, -0.15) is 0 Å². The maximum atomic E-state index is 13.2. The van der Waals surface area contributed by atoms with E-state index in [-0.39, 0.29) is 94.8 Å². The Kier molecular flexibility index (Phi) is 9.58. The van der Waals surface area contributed by atoms with Crippen LogP contribution in [0, 0.1) is 17.8 Å². The molecule has 212 valence electrons. The average molecular weight is 664 g/mol. The highest BCUT2D eigenvalue weighted by Crippen LogP contribution is 2.53. The van der Waals surface area contributed by atoms with Crippen molar-refractivity contribution in [3.05, 3.63) is 10.6 Å². The second-order valence-electron chi connectivity index (χ2n) is 11.4. The number of carbonyl (C=O) groups excluding carboxylic acids is 4. The van der Waals surface area contributed by atoms with E-state index in [1.54, 1.807) is 0 Å². The number of carboxylic acid groups (broad SMARTS) is 1. The lowest BCUT2D eigenvalue weighted by Gasteiger charge is -2.47. The van der Waals surface area contributed by atoms with E-state index in [1.807, 2.05) is 25.8 Å². The van der Waals surface area contributed by atoms with E-state index in [0.717, 1.165) is 0 Å². The molecule has 3 amide bonds. The van der Waals surface area contributed by atoms with Gasteiger partial charge in [0.05, 0.1) is 51.2 Å². The molecule has 0 aliphatic carbocycles. The van der Waals surface area contributed by atoms with E-state index in [0.29, 0.717) is 55.0 Å². The van der Waals surface area contributed by atoms with Gasteiger partial charge in [-0.1, -0.05) is 13.8 Å². The first-order valence-corrected chi connectivity index (χ1v) is 13.8. The number of nitrogens with one attached hydrogen (secondary N) is 1. The number of nitrogens with two attached hydrogens (primary N) is 1. The molecular formula is C25H38IN5O6S. The first kappa shape index (κ1) is 30.8. The second kappa shape index (κ2) is 11.8. The van der Waals surface area contributed by atoms with Crippen molar-refractivity contribution in [2.24, 2.45) is 23.5 Å². The van der Waals surface area contributed by atoms with Gasteiger partial charge in [-0.15, -0.1) is 11.8 Å². The van der Waals surface area contributed by atoms with Crippen LogP contribution in [0.3, 0.4) is 0 Å². The number of halogens is 1. The monoisotopic (exact) mass is 663 g/mol. The third-order valence-corrected chi connectivity index (χ3v) is 9.88. The van der Waals surface area contributed by atoms with Crippen molar-refractivity contribution in [2.45, 2.75) is 50.9 Å². The van der Waals surface area contributed by atoms with Crippen LogP contribution in [0.25, 0.3) is 0 Å². The van der Waals surface area contributed by atoms with E-state index >= 15 is 0 Å². The highest BCUT2D eigenvalue weighted by atomic mass is 127. The van der Waals surface area contributed by atoms with E-state index in [2.05, 4.69) is 5.32 Å². The van der Waals surface area contributed by atoms with Gasteiger partial charge in [-0.25, -0.2) is 4.79 Å². The zero-order chi connectivity index (χ0) is 27.2. The molecule has 11 nitrogen and oxygen atoms in total. The highest BCUT2D eigenvalue weighted by molar-refractivity contribution is 8.03. The molecule has 0 radical (unpaired) electrons. The molecule has 4 aliphatic rings. The Morgan fingerprint density at radius 3 is 2.42 bits per heavy atom. The number of ketones is 1. The van der Waals surface area contributed by atoms with E-state index in [9.17, 15) is 29.1 Å². The summed E-state index contributed by atoms with van der Waals surface area (Å²) >= 11 is 1.46. The largest absolute Gasteiger partial charge is 1.00 e. The number of primary amides is 1. The number of Topliss-reactive ketones (excluding diaryl/α,β-unsaturated/α-hetero) is 1. The molecule has 13 heteroatoms. The molecule has 4 rings (SSSR count). The summed E-state index contributed by atoms with van der Waals surface area (Å²) < 4.78 is 0.530. The third-order valence-electron chi connectivity index (χ3n) is 8.36. The number of nitrogens with zero attached hydrogens (tertiary/aromatic N) is 3. The maximum Gasteiger partial charge on any atom is 0.353 e. The summed E-state index contributed by atoms with van der Waals surface area (Å²) in [5.41, 5.74) is 5.42. The van der Waals surface area contributed by atoms with E-state index in [4.69, 9.17) is 5.73 Å². The zero-order valence-electron chi connectivity index (χ0n) is 22.3. The smallest absolute Gasteiger partial charge is 0.353 e. The van der Waals surface area contributed by atoms with Crippen LogP contribution < -0.4 is 35.0 Å². The SMILES string of the molecule is CC(=O)C[C@H](C)[C@H]1C(=O)N2C(C(=O)O)=C(S[C@@H]3CN[C@H](C(=O)N4CC[N+](C)(CC(N)=O)CC4)C3)[C@H](C)[C@H]12.[I-]. The zero-order valence-corrected chi connectivity index (χ0v) is 25.3. The Bertz CT molecular complexity index is 1050. The molecule has 0 aromatic heterocycles. The summed E-state index contributed by atoms with van der Waals surface area (Å²) in [7, 11) is 1.98. The molecule has 3 fully saturated rings. The van der Waals surface area contributed by atoms with Gasteiger partial charge in [0.2, 0.25) is 11.8 Å². The maximum absolute atomic E-state index is 13.2. The summed E-state index contributed by atoms with van der Waals surface area (Å²) in [5.74, 6) is -2.29. The molecule has 4 heterocycles. The van der Waals surface area contributed by atoms with Crippen LogP contribution in [0.2, 0.25) is 0 Å². The molecule has 6 atom stereocenters. The molecule has 4 N–H and O–H groups in total. The van der Waals surface area contributed by atoms with Crippen molar-refractivity contribution >= 4 is 41.2 Å². The molecule has 0 saturated carbocycles. The topological polar surface area (TPSA) is 150 Å². The van der Waals surface area contributed by atoms with Crippen molar-refractivity contribution in [2.75, 3.05) is 46.3 Å². The van der Waals surface area contributed by atoms with E-state index < -0.39 is 5.97 Å². The van der Waals surface area contributed by atoms with Crippen LogP contribution in [0.5, 0.6) is 0 Å². The Morgan fingerprint density at radius 1 is 1.24 bits per heavy atom. The first-order valence-electron chi connectivity index (χ1n) is 12.9. The molecule has 0 spiro atoms. The van der Waals surface area contributed by atoms with Gasteiger partial charge >= 0.3 is 5.97 Å². The van der Waals surface area contributed by atoms with Crippen LogP contribution in [0.15, 0.2) is 10.6 Å². The van der Waals surface area contributed by atoms with Gasteiger partial charge in [0.25, 0.3) is 5.91 Å². The predicted octanol–water partition coefficient (Wildman–Crippen LogP) is -3.38. The molecule has 4 aliphatic heterocycles. The minimum absolute atomic E-state index is 0. The van der Waals surface area contributed by atoms with Gasteiger partial charge < -0.3 is 59.2 Å². The van der Waals surface area contributed by atoms with Crippen molar-refractivity contribution in [1.82, 2.24) is 15.1 Å². The second-order valence-corrected chi connectivity index (χ2v) is 12.7. The third kappa shape index (κ3) is 5.89. The van der Waals surface area contributed by atoms with Crippen molar-refractivity contribution < 1.29 is 57.5 Å². The highest BCUT2D eigenvalue weighted by Gasteiger charge is 2.60. The normalized spacial score (nSPS) is 30.8. The number of quaternary nitrogens is 1. The number of fused-ring (bicyclic) bond motifs is 1. The molecule has 0 unspecified atom stereocenters. The van der Waals surface area contributed by atoms with Crippen molar-refractivity contribution in [3.8, 4) is 0 Å². The molecule has 3 saturated heterocycles. The molecule has 0 aromatic rings. The molecule has 0 bridgehead atoms. The summed E-state index contributed by atoms with van der Waals surface area (Å²) in [6.45, 7) is 8.62. The van der Waals surface area contributed by atoms with Gasteiger partial charge in [0.15, 0.2) is 6.54 Å². The first-order chi connectivity index (χ1) is 17.3. The van der Waals surface area contributed by atoms with E-state index in [1.165, 1.54) is 23.6 Å². The number of piperazine rings is 1. The number of β-lactam (4-membered cyclic amide) rings is 1. The van der Waals surface area contributed by atoms with Crippen molar-refractivity contribution in [3.63, 3.8) is 0 Å². The van der Waals surface area contributed by atoms with Crippen molar-refractivity contribution in [1.29, 1.82) is 0 Å². The van der Waals surface area contributed by atoms with Gasteiger partial charge in [-0.05, 0) is 19.3 Å². The van der Waals surface area contributed by atoms with Crippen LogP contribution in [0.1, 0.15) is 33.6 Å². The number of rotatable bonds is 9. The number of carboxylic acids is 1. The van der Waals surface area contributed by atoms with Gasteiger partial charge in [-0.3, -0.25) is 14.4 Å². The summed E-state index contributed by atoms with van der Waals surface area (Å²) in [6, 6.07) is -0.596. The van der Waals surface area contributed by atoms with Crippen LogP contribution in [-0.2, 0) is 24.0 Å². The number of carbonyl (C=O) groups is 5. The number of hydrogen-bond donors (Lipinski definition) is 3. The van der Waals surface area contributed by atoms with Gasteiger partial charge in [0, 0.05) is 29.0 Å². The summed E-state index contributed by atoms with van der Waals surface area (Å²) in [5, 5.41) is 13.3. The Balaban J connectivity index is 0.00000400. The minimum atomic E-state index is -1.12. The van der Waals surface area contributed by atoms with Crippen LogP contribution in [-0.4, -0.2) is 113 Å². The van der Waals surface area contributed by atoms with Gasteiger partial charge in [0.1, 0.15) is 11.5 Å². The van der Waals surface area contributed by atoms with Crippen LogP contribution >= 0.6 is 11.8 Å². The quantitative estimate of drug-likeness (QED) is 0.132.